The van der Waals surface area contributed by atoms with Crippen LogP contribution in [-0.4, -0.2) is 13.2 Å². The third-order valence-electron chi connectivity index (χ3n) is 3.39. The fourth-order valence-electron chi connectivity index (χ4n) is 2.54. The van der Waals surface area contributed by atoms with Crippen LogP contribution in [0.5, 0.6) is 0 Å². The molecule has 1 aliphatic carbocycles. The van der Waals surface area contributed by atoms with Gasteiger partial charge in [-0.05, 0) is 24.5 Å². The van der Waals surface area contributed by atoms with Gasteiger partial charge in [0.05, 0.1) is 6.10 Å². The van der Waals surface area contributed by atoms with Crippen molar-refractivity contribution in [2.75, 3.05) is 7.11 Å². The van der Waals surface area contributed by atoms with Crippen LogP contribution in [-0.2, 0) is 4.74 Å². The summed E-state index contributed by atoms with van der Waals surface area (Å²) in [7, 11) is 1.64. The number of methoxy groups -OCH3 is 1. The van der Waals surface area contributed by atoms with Gasteiger partial charge in [-0.1, -0.05) is 25.0 Å². The highest BCUT2D eigenvalue weighted by Crippen LogP contribution is 2.36. The minimum atomic E-state index is -0.766. The summed E-state index contributed by atoms with van der Waals surface area (Å²) in [5.74, 6) is -1.48. The molecule has 1 fully saturated rings. The first kappa shape index (κ1) is 11.5. The van der Waals surface area contributed by atoms with Crippen LogP contribution in [0.3, 0.4) is 0 Å². The minimum absolute atomic E-state index is 0.00514. The molecule has 0 heterocycles. The number of ether oxygens (including phenoxy) is 1. The molecule has 2 rings (SSSR count). The topological polar surface area (TPSA) is 9.23 Å². The average Bonchev–Trinajstić information content (AvgIpc) is 2.33. The summed E-state index contributed by atoms with van der Waals surface area (Å²) in [6, 6.07) is 4.39. The Kier molecular flexibility index (Phi) is 3.54. The van der Waals surface area contributed by atoms with E-state index < -0.39 is 11.6 Å². The fraction of sp³-hybridized carbons (Fsp3) is 0.538. The number of benzene rings is 1. The van der Waals surface area contributed by atoms with Gasteiger partial charge < -0.3 is 4.74 Å². The quantitative estimate of drug-likeness (QED) is 0.748. The second-order valence-electron chi connectivity index (χ2n) is 4.31. The van der Waals surface area contributed by atoms with Crippen LogP contribution in [0.25, 0.3) is 0 Å². The van der Waals surface area contributed by atoms with Gasteiger partial charge in [0, 0.05) is 13.0 Å². The maximum Gasteiger partial charge on any atom is 0.162 e. The molecule has 1 aromatic carbocycles. The van der Waals surface area contributed by atoms with E-state index in [4.69, 9.17) is 4.74 Å². The normalized spacial score (nSPS) is 25.7. The van der Waals surface area contributed by atoms with E-state index in [2.05, 4.69) is 0 Å². The molecule has 0 aromatic heterocycles. The van der Waals surface area contributed by atoms with Gasteiger partial charge in [0.25, 0.3) is 0 Å². The Labute approximate surface area is 94.4 Å². The Balaban J connectivity index is 2.30. The van der Waals surface area contributed by atoms with Crippen molar-refractivity contribution in [3.05, 3.63) is 35.4 Å². The molecule has 1 aromatic rings. The lowest BCUT2D eigenvalue weighted by Crippen LogP contribution is -2.25. The van der Waals surface area contributed by atoms with Crippen molar-refractivity contribution in [2.45, 2.75) is 37.7 Å². The highest BCUT2D eigenvalue weighted by atomic mass is 19.2. The smallest absolute Gasteiger partial charge is 0.162 e. The predicted octanol–water partition coefficient (Wildman–Crippen LogP) is 3.64. The fourth-order valence-corrected chi connectivity index (χ4v) is 2.54. The molecule has 0 radical (unpaired) electrons. The number of halogens is 2. The molecular weight excluding hydrogens is 210 g/mol. The molecule has 1 saturated carbocycles. The first-order valence-electron chi connectivity index (χ1n) is 5.70. The highest BCUT2D eigenvalue weighted by molar-refractivity contribution is 5.24. The molecule has 3 heteroatoms. The lowest BCUT2D eigenvalue weighted by atomic mass is 9.81. The van der Waals surface area contributed by atoms with Crippen molar-refractivity contribution in [2.24, 2.45) is 0 Å². The van der Waals surface area contributed by atoms with E-state index >= 15 is 0 Å². The van der Waals surface area contributed by atoms with Crippen molar-refractivity contribution in [1.82, 2.24) is 0 Å². The second kappa shape index (κ2) is 4.91. The van der Waals surface area contributed by atoms with E-state index in [1.807, 2.05) is 0 Å². The van der Waals surface area contributed by atoms with Crippen LogP contribution < -0.4 is 0 Å². The van der Waals surface area contributed by atoms with Crippen LogP contribution in [0.2, 0.25) is 0 Å². The first-order valence-corrected chi connectivity index (χ1v) is 5.70. The summed E-state index contributed by atoms with van der Waals surface area (Å²) in [6.07, 6.45) is 3.98. The molecule has 16 heavy (non-hydrogen) atoms. The zero-order valence-electron chi connectivity index (χ0n) is 9.38. The van der Waals surface area contributed by atoms with Gasteiger partial charge in [0.2, 0.25) is 0 Å². The van der Waals surface area contributed by atoms with Crippen molar-refractivity contribution in [3.8, 4) is 0 Å². The second-order valence-corrected chi connectivity index (χ2v) is 4.31. The van der Waals surface area contributed by atoms with E-state index in [0.29, 0.717) is 5.56 Å². The van der Waals surface area contributed by atoms with Gasteiger partial charge >= 0.3 is 0 Å². The molecule has 2 atom stereocenters. The zero-order valence-corrected chi connectivity index (χ0v) is 9.38. The lowest BCUT2D eigenvalue weighted by Gasteiger charge is -2.30. The average molecular weight is 226 g/mol. The van der Waals surface area contributed by atoms with Gasteiger partial charge in [0.15, 0.2) is 11.6 Å². The maximum atomic E-state index is 13.7. The van der Waals surface area contributed by atoms with Gasteiger partial charge in [-0.25, -0.2) is 8.78 Å². The maximum absolute atomic E-state index is 13.7. The van der Waals surface area contributed by atoms with Crippen LogP contribution in [0.15, 0.2) is 18.2 Å². The Morgan fingerprint density at radius 3 is 2.69 bits per heavy atom. The molecule has 1 aliphatic rings. The molecular formula is C13H16F2O. The molecule has 0 bridgehead atoms. The molecule has 0 amide bonds. The van der Waals surface area contributed by atoms with E-state index in [1.165, 1.54) is 0 Å². The standard InChI is InChI=1S/C13H16F2O/c1-16-12-8-3-2-5-9(12)10-6-4-7-11(14)13(10)15/h4,6-7,9,12H,2-3,5,8H2,1H3/t9-,12+/m1/s1. The number of rotatable bonds is 2. The Morgan fingerprint density at radius 2 is 1.94 bits per heavy atom. The van der Waals surface area contributed by atoms with Gasteiger partial charge in [-0.15, -0.1) is 0 Å². The summed E-state index contributed by atoms with van der Waals surface area (Å²) < 4.78 is 32.2. The summed E-state index contributed by atoms with van der Waals surface area (Å²) in [4.78, 5) is 0. The minimum Gasteiger partial charge on any atom is -0.381 e. The van der Waals surface area contributed by atoms with Gasteiger partial charge in [-0.2, -0.15) is 0 Å². The van der Waals surface area contributed by atoms with Crippen molar-refractivity contribution >= 4 is 0 Å². The van der Waals surface area contributed by atoms with E-state index in [-0.39, 0.29) is 12.0 Å². The molecule has 0 spiro atoms. The predicted molar refractivity (Wildman–Crippen MR) is 58.4 cm³/mol. The molecule has 0 unspecified atom stereocenters. The molecule has 0 saturated heterocycles. The molecule has 0 aliphatic heterocycles. The summed E-state index contributed by atoms with van der Waals surface area (Å²) in [5.41, 5.74) is 0.464. The van der Waals surface area contributed by atoms with E-state index in [1.54, 1.807) is 19.2 Å². The van der Waals surface area contributed by atoms with Crippen molar-refractivity contribution in [1.29, 1.82) is 0 Å². The molecule has 1 nitrogen and oxygen atoms in total. The summed E-state index contributed by atoms with van der Waals surface area (Å²) in [5, 5.41) is 0. The zero-order chi connectivity index (χ0) is 11.5. The molecule has 88 valence electrons. The Bertz CT molecular complexity index is 365. The summed E-state index contributed by atoms with van der Waals surface area (Å²) >= 11 is 0. The monoisotopic (exact) mass is 226 g/mol. The van der Waals surface area contributed by atoms with E-state index in [9.17, 15) is 8.78 Å². The van der Waals surface area contributed by atoms with Crippen LogP contribution in [0, 0.1) is 11.6 Å². The van der Waals surface area contributed by atoms with E-state index in [0.717, 1.165) is 31.7 Å². The van der Waals surface area contributed by atoms with Crippen LogP contribution in [0.4, 0.5) is 8.78 Å². The third-order valence-corrected chi connectivity index (χ3v) is 3.39. The third kappa shape index (κ3) is 2.09. The van der Waals surface area contributed by atoms with Gasteiger partial charge in [-0.3, -0.25) is 0 Å². The Hall–Kier alpha value is -0.960. The SMILES string of the molecule is CO[C@H]1CCCC[C@@H]1c1cccc(F)c1F. The molecule has 0 N–H and O–H groups in total. The summed E-state index contributed by atoms with van der Waals surface area (Å²) in [6.45, 7) is 0. The first-order chi connectivity index (χ1) is 7.74. The highest BCUT2D eigenvalue weighted by Gasteiger charge is 2.29. The van der Waals surface area contributed by atoms with Crippen LogP contribution >= 0.6 is 0 Å². The van der Waals surface area contributed by atoms with Gasteiger partial charge in [0.1, 0.15) is 0 Å². The van der Waals surface area contributed by atoms with Crippen molar-refractivity contribution in [3.63, 3.8) is 0 Å². The largest absolute Gasteiger partial charge is 0.381 e. The Morgan fingerprint density at radius 1 is 1.19 bits per heavy atom. The van der Waals surface area contributed by atoms with Crippen LogP contribution in [0.1, 0.15) is 37.2 Å². The number of hydrogen-bond donors (Lipinski definition) is 0. The number of hydrogen-bond acceptors (Lipinski definition) is 1. The van der Waals surface area contributed by atoms with Crippen molar-refractivity contribution < 1.29 is 13.5 Å². The lowest BCUT2D eigenvalue weighted by molar-refractivity contribution is 0.0511.